The van der Waals surface area contributed by atoms with Crippen molar-refractivity contribution in [2.45, 2.75) is 19.3 Å². The second-order valence-electron chi connectivity index (χ2n) is 5.18. The first-order valence-corrected chi connectivity index (χ1v) is 6.99. The summed E-state index contributed by atoms with van der Waals surface area (Å²) in [6.45, 7) is 1.48. The fourth-order valence-corrected chi connectivity index (χ4v) is 1.84. The van der Waals surface area contributed by atoms with Crippen LogP contribution in [0.4, 0.5) is 26.3 Å². The van der Waals surface area contributed by atoms with Crippen molar-refractivity contribution < 1.29 is 35.5 Å². The van der Waals surface area contributed by atoms with E-state index in [9.17, 15) is 26.3 Å². The largest absolute Gasteiger partial charge is 0.470 e. The molecule has 0 fully saturated rings. The first kappa shape index (κ1) is 18.6. The maximum absolute atomic E-state index is 12.7. The van der Waals surface area contributed by atoms with Crippen molar-refractivity contribution in [3.05, 3.63) is 29.4 Å². The molecule has 27 heavy (non-hydrogen) atoms. The van der Waals surface area contributed by atoms with E-state index in [0.717, 1.165) is 4.68 Å². The molecule has 0 N–H and O–H groups in total. The van der Waals surface area contributed by atoms with Gasteiger partial charge in [0.2, 0.25) is 17.6 Å². The summed E-state index contributed by atoms with van der Waals surface area (Å²) < 4.78 is 86.3. The standard InChI is InChI=1S/C13H8F6N6O2/c1-5-4-20-8(10-22-23-11(27-10)13(17,18)19)21-9(5)26-7-3-6(12(14,15)16)24-25(7)2/h3-4H,1-2H3. The molecule has 0 aromatic carbocycles. The first-order chi connectivity index (χ1) is 12.4. The Morgan fingerprint density at radius 2 is 1.78 bits per heavy atom. The Bertz CT molecular complexity index is 977. The van der Waals surface area contributed by atoms with E-state index in [0.29, 0.717) is 11.6 Å². The summed E-state index contributed by atoms with van der Waals surface area (Å²) in [6, 6.07) is 0.648. The van der Waals surface area contributed by atoms with Crippen LogP contribution < -0.4 is 4.74 Å². The lowest BCUT2D eigenvalue weighted by Gasteiger charge is -2.07. The quantitative estimate of drug-likeness (QED) is 0.629. The van der Waals surface area contributed by atoms with Gasteiger partial charge in [0.1, 0.15) is 0 Å². The fraction of sp³-hybridized carbons (Fsp3) is 0.308. The number of alkyl halides is 6. The minimum Gasteiger partial charge on any atom is -0.421 e. The number of nitrogens with zero attached hydrogens (tertiary/aromatic N) is 6. The van der Waals surface area contributed by atoms with Gasteiger partial charge in [-0.3, -0.25) is 0 Å². The Labute approximate surface area is 145 Å². The van der Waals surface area contributed by atoms with E-state index in [2.05, 4.69) is 29.7 Å². The van der Waals surface area contributed by atoms with E-state index < -0.39 is 35.7 Å². The summed E-state index contributed by atoms with van der Waals surface area (Å²) >= 11 is 0. The highest BCUT2D eigenvalue weighted by molar-refractivity contribution is 5.42. The molecule has 0 aliphatic rings. The van der Waals surface area contributed by atoms with Crippen LogP contribution in [0.5, 0.6) is 11.8 Å². The van der Waals surface area contributed by atoms with Crippen LogP contribution in [0.15, 0.2) is 16.7 Å². The zero-order chi connectivity index (χ0) is 20.0. The van der Waals surface area contributed by atoms with Gasteiger partial charge in [0.15, 0.2) is 5.69 Å². The van der Waals surface area contributed by atoms with Crippen LogP contribution in [-0.2, 0) is 19.4 Å². The summed E-state index contributed by atoms with van der Waals surface area (Å²) in [6.07, 6.45) is -8.35. The van der Waals surface area contributed by atoms with Gasteiger partial charge in [-0.2, -0.15) is 36.4 Å². The Hall–Kier alpha value is -3.19. The number of halogens is 6. The molecule has 0 aliphatic carbocycles. The number of hydrogen-bond donors (Lipinski definition) is 0. The smallest absolute Gasteiger partial charge is 0.421 e. The van der Waals surface area contributed by atoms with Crippen LogP contribution in [0.1, 0.15) is 17.1 Å². The normalized spacial score (nSPS) is 12.4. The van der Waals surface area contributed by atoms with Crippen LogP contribution >= 0.6 is 0 Å². The lowest BCUT2D eigenvalue weighted by atomic mass is 10.3. The SMILES string of the molecule is Cc1cnc(-c2nnc(C(F)(F)F)o2)nc1Oc1cc(C(F)(F)F)nn1C. The fourth-order valence-electron chi connectivity index (χ4n) is 1.84. The van der Waals surface area contributed by atoms with Crippen molar-refractivity contribution in [2.24, 2.45) is 7.05 Å². The van der Waals surface area contributed by atoms with Gasteiger partial charge in [0.25, 0.3) is 5.89 Å². The van der Waals surface area contributed by atoms with Crippen molar-refractivity contribution in [3.63, 3.8) is 0 Å². The molecule has 0 radical (unpaired) electrons. The van der Waals surface area contributed by atoms with Crippen LogP contribution in [0.25, 0.3) is 11.7 Å². The molecular formula is C13H8F6N6O2. The summed E-state index contributed by atoms with van der Waals surface area (Å²) in [4.78, 5) is 7.58. The van der Waals surface area contributed by atoms with Gasteiger partial charge >= 0.3 is 18.2 Å². The van der Waals surface area contributed by atoms with E-state index >= 15 is 0 Å². The summed E-state index contributed by atoms with van der Waals surface area (Å²) in [5.41, 5.74) is -0.886. The van der Waals surface area contributed by atoms with Crippen molar-refractivity contribution in [1.29, 1.82) is 0 Å². The van der Waals surface area contributed by atoms with Crippen LogP contribution in [0, 0.1) is 6.92 Å². The van der Waals surface area contributed by atoms with E-state index in [4.69, 9.17) is 4.74 Å². The van der Waals surface area contributed by atoms with Crippen molar-refractivity contribution in [2.75, 3.05) is 0 Å². The predicted molar refractivity (Wildman–Crippen MR) is 73.3 cm³/mol. The van der Waals surface area contributed by atoms with Gasteiger partial charge in [0.05, 0.1) is 0 Å². The highest BCUT2D eigenvalue weighted by Gasteiger charge is 2.38. The number of rotatable bonds is 3. The molecule has 0 bridgehead atoms. The van der Waals surface area contributed by atoms with Gasteiger partial charge in [-0.25, -0.2) is 9.67 Å². The molecule has 3 aromatic rings. The Balaban J connectivity index is 1.93. The Morgan fingerprint density at radius 1 is 1.07 bits per heavy atom. The van der Waals surface area contributed by atoms with Gasteiger partial charge in [-0.15, -0.1) is 10.2 Å². The third kappa shape index (κ3) is 3.83. The maximum Gasteiger partial charge on any atom is 0.470 e. The molecular weight excluding hydrogens is 386 g/mol. The van der Waals surface area contributed by atoms with Gasteiger partial charge in [-0.05, 0) is 6.92 Å². The summed E-state index contributed by atoms with van der Waals surface area (Å²) in [5.74, 6) is -3.13. The average molecular weight is 394 g/mol. The van der Waals surface area contributed by atoms with E-state index in [1.807, 2.05) is 0 Å². The Morgan fingerprint density at radius 3 is 2.33 bits per heavy atom. The van der Waals surface area contributed by atoms with Crippen LogP contribution in [0.3, 0.4) is 0 Å². The minimum atomic E-state index is -4.85. The second kappa shape index (κ2) is 6.21. The average Bonchev–Trinajstić information content (AvgIpc) is 3.16. The highest BCUT2D eigenvalue weighted by atomic mass is 19.4. The minimum absolute atomic E-state index is 0.219. The highest BCUT2D eigenvalue weighted by Crippen LogP contribution is 2.33. The number of ether oxygens (including phenoxy) is 1. The number of hydrogen-bond acceptors (Lipinski definition) is 7. The molecule has 0 saturated heterocycles. The van der Waals surface area contributed by atoms with Crippen LogP contribution in [-0.4, -0.2) is 29.9 Å². The molecule has 3 aromatic heterocycles. The second-order valence-corrected chi connectivity index (χ2v) is 5.18. The van der Waals surface area contributed by atoms with E-state index in [-0.39, 0.29) is 11.8 Å². The van der Waals surface area contributed by atoms with Crippen LogP contribution in [0.2, 0.25) is 0 Å². The summed E-state index contributed by atoms with van der Waals surface area (Å²) in [7, 11) is 1.22. The monoisotopic (exact) mass is 394 g/mol. The molecule has 0 aliphatic heterocycles. The zero-order valence-corrected chi connectivity index (χ0v) is 13.4. The van der Waals surface area contributed by atoms with Gasteiger partial charge in [-0.1, -0.05) is 0 Å². The zero-order valence-electron chi connectivity index (χ0n) is 13.4. The van der Waals surface area contributed by atoms with Gasteiger partial charge < -0.3 is 9.15 Å². The molecule has 0 atom stereocenters. The van der Waals surface area contributed by atoms with Gasteiger partial charge in [0, 0.05) is 24.9 Å². The third-order valence-corrected chi connectivity index (χ3v) is 3.11. The number of aryl methyl sites for hydroxylation is 2. The molecule has 14 heteroatoms. The molecule has 0 unspecified atom stereocenters. The van der Waals surface area contributed by atoms with Crippen molar-refractivity contribution in [1.82, 2.24) is 29.9 Å². The molecule has 0 amide bonds. The van der Waals surface area contributed by atoms with Crippen molar-refractivity contribution in [3.8, 4) is 23.5 Å². The van der Waals surface area contributed by atoms with E-state index in [1.54, 1.807) is 0 Å². The lowest BCUT2D eigenvalue weighted by molar-refractivity contribution is -0.157. The third-order valence-electron chi connectivity index (χ3n) is 3.11. The molecule has 3 heterocycles. The summed E-state index contributed by atoms with van der Waals surface area (Å²) in [5, 5.41) is 9.32. The molecule has 0 saturated carbocycles. The van der Waals surface area contributed by atoms with Crippen molar-refractivity contribution >= 4 is 0 Å². The Kier molecular flexibility index (Phi) is 4.28. The lowest BCUT2D eigenvalue weighted by Crippen LogP contribution is -2.06. The predicted octanol–water partition coefficient (Wildman–Crippen LogP) is 3.40. The molecule has 0 spiro atoms. The molecule has 144 valence electrons. The maximum atomic E-state index is 12.7. The molecule has 3 rings (SSSR count). The topological polar surface area (TPSA) is 91.8 Å². The first-order valence-electron chi connectivity index (χ1n) is 6.99. The number of aromatic nitrogens is 6. The van der Waals surface area contributed by atoms with E-state index in [1.165, 1.54) is 20.2 Å². The molecule has 8 nitrogen and oxygen atoms in total.